The zero-order valence-electron chi connectivity index (χ0n) is 32.7. The molecule has 0 spiro atoms. The zero-order chi connectivity index (χ0) is 41.1. The number of carbonyl (C=O) groups is 6. The summed E-state index contributed by atoms with van der Waals surface area (Å²) in [6.45, 7) is 7.27. The number of aromatic nitrogens is 3. The highest BCUT2D eigenvalue weighted by Gasteiger charge is 2.45. The molecule has 1 aliphatic heterocycles. The predicted molar refractivity (Wildman–Crippen MR) is 212 cm³/mol. The van der Waals surface area contributed by atoms with Gasteiger partial charge in [-0.3, -0.25) is 24.0 Å². The normalized spacial score (nSPS) is 18.3. The van der Waals surface area contributed by atoms with Crippen LogP contribution in [-0.4, -0.2) is 98.2 Å². The maximum Gasteiger partial charge on any atom is 0.315 e. The van der Waals surface area contributed by atoms with Gasteiger partial charge in [-0.1, -0.05) is 73.7 Å². The fraction of sp³-hybridized carbons (Fsp3) is 0.512. The highest BCUT2D eigenvalue weighted by Crippen LogP contribution is 2.33. The van der Waals surface area contributed by atoms with Crippen molar-refractivity contribution in [2.45, 2.75) is 108 Å². The Morgan fingerprint density at radius 3 is 2.42 bits per heavy atom. The molecule has 1 aromatic heterocycles. The summed E-state index contributed by atoms with van der Waals surface area (Å²) in [6.07, 6.45) is 9.14. The lowest BCUT2D eigenvalue weighted by Crippen LogP contribution is -2.56. The van der Waals surface area contributed by atoms with Crippen molar-refractivity contribution in [3.8, 4) is 0 Å². The van der Waals surface area contributed by atoms with Crippen LogP contribution in [0.4, 0.5) is 4.79 Å². The molecule has 16 nitrogen and oxygen atoms in total. The molecule has 2 unspecified atom stereocenters. The molecule has 7 N–H and O–H groups in total. The van der Waals surface area contributed by atoms with Gasteiger partial charge in [-0.15, -0.1) is 11.7 Å². The van der Waals surface area contributed by atoms with Crippen LogP contribution in [0.25, 0.3) is 10.8 Å². The summed E-state index contributed by atoms with van der Waals surface area (Å²) in [4.78, 5) is 81.4. The van der Waals surface area contributed by atoms with Crippen molar-refractivity contribution in [2.24, 2.45) is 11.7 Å². The van der Waals surface area contributed by atoms with Crippen LogP contribution in [0.15, 0.2) is 61.3 Å². The molecule has 57 heavy (non-hydrogen) atoms. The first-order valence-electron chi connectivity index (χ1n) is 19.8. The second kappa shape index (κ2) is 19.5. The van der Waals surface area contributed by atoms with Crippen LogP contribution in [0.1, 0.15) is 100 Å². The lowest BCUT2D eigenvalue weighted by molar-refractivity contribution is -0.142. The van der Waals surface area contributed by atoms with Crippen LogP contribution in [0.2, 0.25) is 0 Å². The lowest BCUT2D eigenvalue weighted by Gasteiger charge is -2.32. The highest BCUT2D eigenvalue weighted by molar-refractivity contribution is 6.37. The van der Waals surface area contributed by atoms with Crippen molar-refractivity contribution in [1.82, 2.24) is 41.2 Å². The molecule has 5 rings (SSSR count). The Morgan fingerprint density at radius 2 is 1.72 bits per heavy atom. The Bertz CT molecular complexity index is 1930. The fourth-order valence-electron chi connectivity index (χ4n) is 7.80. The number of primary amides is 1. The van der Waals surface area contributed by atoms with Gasteiger partial charge in [0.15, 0.2) is 0 Å². The summed E-state index contributed by atoms with van der Waals surface area (Å²) >= 11 is 0. The largest absolute Gasteiger partial charge is 0.384 e. The van der Waals surface area contributed by atoms with E-state index >= 15 is 0 Å². The molecule has 1 saturated carbocycles. The van der Waals surface area contributed by atoms with E-state index < -0.39 is 59.2 Å². The zero-order valence-corrected chi connectivity index (χ0v) is 32.7. The number of hydrogen-bond donors (Lipinski definition) is 6. The minimum atomic E-state index is -1.35. The number of rotatable bonds is 18. The number of unbranched alkanes of at least 4 members (excludes halogenated alkanes) is 1. The Balaban J connectivity index is 1.40. The molecule has 2 aromatic carbocycles. The van der Waals surface area contributed by atoms with E-state index in [0.29, 0.717) is 37.1 Å². The number of nitrogens with one attached hydrogen (secondary N) is 4. The summed E-state index contributed by atoms with van der Waals surface area (Å²) in [5.41, 5.74) is 4.81. The first kappa shape index (κ1) is 42.5. The minimum absolute atomic E-state index is 0.00953. The maximum atomic E-state index is 14.9. The number of amides is 6. The second-order valence-electron chi connectivity index (χ2n) is 15.6. The first-order chi connectivity index (χ1) is 27.3. The van der Waals surface area contributed by atoms with Gasteiger partial charge >= 0.3 is 6.03 Å². The van der Waals surface area contributed by atoms with E-state index in [0.717, 1.165) is 42.9 Å². The van der Waals surface area contributed by atoms with E-state index in [4.69, 9.17) is 5.73 Å². The van der Waals surface area contributed by atoms with Gasteiger partial charge in [0.1, 0.15) is 17.7 Å². The molecule has 3 aromatic rings. The van der Waals surface area contributed by atoms with Gasteiger partial charge in [0.05, 0.1) is 24.0 Å². The molecule has 2 aliphatic rings. The van der Waals surface area contributed by atoms with Crippen molar-refractivity contribution in [3.05, 3.63) is 72.6 Å². The summed E-state index contributed by atoms with van der Waals surface area (Å²) in [5, 5.41) is 32.0. The van der Waals surface area contributed by atoms with Gasteiger partial charge in [0.2, 0.25) is 17.6 Å². The first-order valence-corrected chi connectivity index (χ1v) is 19.8. The molecule has 1 aliphatic carbocycles. The average molecular weight is 786 g/mol. The lowest BCUT2D eigenvalue weighted by atomic mass is 9.84. The number of nitrogens with zero attached hydrogens (tertiary/aromatic N) is 4. The van der Waals surface area contributed by atoms with Crippen molar-refractivity contribution in [1.29, 1.82) is 0 Å². The Morgan fingerprint density at radius 1 is 0.982 bits per heavy atom. The number of urea groups is 1. The number of benzene rings is 2. The van der Waals surface area contributed by atoms with E-state index in [2.05, 4.69) is 38.2 Å². The summed E-state index contributed by atoms with van der Waals surface area (Å²) in [5.74, 6) is -3.62. The van der Waals surface area contributed by atoms with Crippen LogP contribution in [0.3, 0.4) is 0 Å². The number of hydrogen-bond acceptors (Lipinski definition) is 9. The third-order valence-electron chi connectivity index (χ3n) is 10.8. The van der Waals surface area contributed by atoms with Crippen LogP contribution in [0, 0.1) is 5.92 Å². The van der Waals surface area contributed by atoms with Gasteiger partial charge in [-0.05, 0) is 68.4 Å². The fourth-order valence-corrected chi connectivity index (χ4v) is 7.80. The average Bonchev–Trinajstić information content (AvgIpc) is 3.88. The van der Waals surface area contributed by atoms with E-state index in [1.54, 1.807) is 32.1 Å². The van der Waals surface area contributed by atoms with E-state index in [-0.39, 0.29) is 37.9 Å². The quantitative estimate of drug-likeness (QED) is 0.0632. The summed E-state index contributed by atoms with van der Waals surface area (Å²) in [6, 6.07) is 8.60. The molecule has 1 saturated heterocycles. The number of likely N-dealkylation sites (tertiary alicyclic amines) is 1. The standard InChI is InChI=1S/C41H55N9O7/c1-4-19-43-40(56)44-20-11-10-16-31(35(51)36(42)52)46-38(54)33-23-30(50-34(24-45-48-50)41(2,3)57)25-49(33)39(55)32(21-26-12-6-5-7-13-26)47-37(53)29-18-17-27-14-8-9-15-28(27)22-29/h4,8-9,14-15,17-18,22,24,26,30-33,57H,1,5-7,10-13,16,19-21,23,25H2,2-3H3,(H2,42,52)(H,46,54)(H,47,53)(H2,43,44,56)/t30-,31?,32?,33-/m0/s1. The second-order valence-corrected chi connectivity index (χ2v) is 15.6. The predicted octanol–water partition coefficient (Wildman–Crippen LogP) is 2.76. The maximum absolute atomic E-state index is 14.9. The number of nitrogens with two attached hydrogens (primary N) is 1. The smallest absolute Gasteiger partial charge is 0.315 e. The topological polar surface area (TPSA) is 231 Å². The van der Waals surface area contributed by atoms with Crippen LogP contribution < -0.4 is 27.0 Å². The van der Waals surface area contributed by atoms with Gasteiger partial charge in [-0.25, -0.2) is 9.48 Å². The number of Topliss-reactive ketones (excluding diaryl/α,β-unsaturated/α-hetero) is 1. The molecule has 306 valence electrons. The van der Waals surface area contributed by atoms with Gasteiger partial charge in [0, 0.05) is 31.6 Å². The molecule has 16 heteroatoms. The SMILES string of the molecule is C=CCNC(=O)NCCCCC(NC(=O)[C@@H]1C[C@H](n2nncc2C(C)(C)O)CN1C(=O)C(CC1CCCCC1)NC(=O)c1ccc2ccccc2c1)C(=O)C(N)=O. The van der Waals surface area contributed by atoms with Gasteiger partial charge in [0.25, 0.3) is 11.8 Å². The highest BCUT2D eigenvalue weighted by atomic mass is 16.3. The van der Waals surface area contributed by atoms with Crippen LogP contribution >= 0.6 is 0 Å². The van der Waals surface area contributed by atoms with Gasteiger partial charge in [-0.2, -0.15) is 0 Å². The Kier molecular flexibility index (Phi) is 14.5. The van der Waals surface area contributed by atoms with Crippen molar-refractivity contribution < 1.29 is 33.9 Å². The summed E-state index contributed by atoms with van der Waals surface area (Å²) < 4.78 is 1.50. The van der Waals surface area contributed by atoms with Crippen molar-refractivity contribution in [3.63, 3.8) is 0 Å². The van der Waals surface area contributed by atoms with E-state index in [1.165, 1.54) is 15.8 Å². The number of ketones is 1. The van der Waals surface area contributed by atoms with Crippen molar-refractivity contribution in [2.75, 3.05) is 19.6 Å². The molecule has 0 radical (unpaired) electrons. The minimum Gasteiger partial charge on any atom is -0.384 e. The molecule has 2 heterocycles. The number of aliphatic hydroxyl groups is 1. The Labute approximate surface area is 332 Å². The van der Waals surface area contributed by atoms with E-state index in [9.17, 15) is 33.9 Å². The molecule has 2 fully saturated rings. The molecular formula is C41H55N9O7. The van der Waals surface area contributed by atoms with E-state index in [1.807, 2.05) is 30.3 Å². The molecular weight excluding hydrogens is 731 g/mol. The molecule has 0 bridgehead atoms. The molecule has 4 atom stereocenters. The monoisotopic (exact) mass is 785 g/mol. The third kappa shape index (κ3) is 11.2. The number of carbonyl (C=O) groups excluding carboxylic acids is 6. The van der Waals surface area contributed by atoms with Crippen molar-refractivity contribution >= 4 is 46.2 Å². The third-order valence-corrected chi connectivity index (χ3v) is 10.8. The van der Waals surface area contributed by atoms with Crippen LogP contribution in [0.5, 0.6) is 0 Å². The van der Waals surface area contributed by atoms with Gasteiger partial charge < -0.3 is 37.0 Å². The number of fused-ring (bicyclic) bond motifs is 1. The molecule has 6 amide bonds. The Hall–Kier alpha value is -5.64. The summed E-state index contributed by atoms with van der Waals surface area (Å²) in [7, 11) is 0. The van der Waals surface area contributed by atoms with Crippen LogP contribution in [-0.2, 0) is 24.8 Å².